The summed E-state index contributed by atoms with van der Waals surface area (Å²) in [6, 6.07) is 1.46. The molecule has 27 heavy (non-hydrogen) atoms. The molecule has 2 aliphatic rings. The van der Waals surface area contributed by atoms with Gasteiger partial charge in [0.05, 0.1) is 5.92 Å². The van der Waals surface area contributed by atoms with Crippen LogP contribution in [0.3, 0.4) is 0 Å². The van der Waals surface area contributed by atoms with Gasteiger partial charge in [-0.05, 0) is 69.3 Å². The van der Waals surface area contributed by atoms with E-state index in [0.717, 1.165) is 44.4 Å². The third-order valence-electron chi connectivity index (χ3n) is 6.13. The number of nitriles is 1. The van der Waals surface area contributed by atoms with E-state index in [1.54, 1.807) is 6.08 Å². The van der Waals surface area contributed by atoms with Gasteiger partial charge in [0, 0.05) is 0 Å². The maximum atomic E-state index is 12.8. The van der Waals surface area contributed by atoms with Gasteiger partial charge in [0.15, 0.2) is 5.83 Å². The topological polar surface area (TPSA) is 50.1 Å². The molecule has 2 saturated carbocycles. The zero-order valence-corrected chi connectivity index (χ0v) is 16.7. The van der Waals surface area contributed by atoms with Crippen molar-refractivity contribution in [1.82, 2.24) is 0 Å². The van der Waals surface area contributed by atoms with Gasteiger partial charge in [0.1, 0.15) is 12.2 Å². The van der Waals surface area contributed by atoms with Gasteiger partial charge in [-0.1, -0.05) is 44.8 Å². The van der Waals surface area contributed by atoms with E-state index in [1.165, 1.54) is 50.7 Å². The van der Waals surface area contributed by atoms with Crippen LogP contribution in [0, 0.1) is 29.1 Å². The number of carbonyl (C=O) groups excluding carboxylic acids is 1. The van der Waals surface area contributed by atoms with E-state index in [2.05, 4.69) is 6.92 Å². The van der Waals surface area contributed by atoms with Crippen molar-refractivity contribution in [2.24, 2.45) is 17.8 Å². The highest BCUT2D eigenvalue weighted by Crippen LogP contribution is 2.34. The van der Waals surface area contributed by atoms with Gasteiger partial charge >= 0.3 is 5.97 Å². The third-order valence-corrected chi connectivity index (χ3v) is 6.13. The maximum absolute atomic E-state index is 12.8. The van der Waals surface area contributed by atoms with Crippen molar-refractivity contribution >= 4 is 5.97 Å². The SMILES string of the molecule is CCCCCC1CCC(C(=O)OC2CCC(/C=C/C=C(F)C#N)CC2)CC1. The highest BCUT2D eigenvalue weighted by molar-refractivity contribution is 5.72. The maximum Gasteiger partial charge on any atom is 0.309 e. The minimum atomic E-state index is -0.769. The van der Waals surface area contributed by atoms with E-state index in [1.807, 2.05) is 6.08 Å². The minimum Gasteiger partial charge on any atom is -0.462 e. The molecule has 2 aliphatic carbocycles. The molecule has 0 spiro atoms. The molecule has 0 heterocycles. The summed E-state index contributed by atoms with van der Waals surface area (Å²) in [7, 11) is 0. The first-order valence-corrected chi connectivity index (χ1v) is 10.8. The Balaban J connectivity index is 1.64. The Kier molecular flexibility index (Phi) is 9.59. The van der Waals surface area contributed by atoms with Crippen molar-refractivity contribution < 1.29 is 13.9 Å². The molecular weight excluding hydrogens is 341 g/mol. The molecule has 0 saturated heterocycles. The first-order valence-electron chi connectivity index (χ1n) is 10.8. The number of nitrogens with zero attached hydrogens (tertiary/aromatic N) is 1. The van der Waals surface area contributed by atoms with Crippen molar-refractivity contribution in [2.45, 2.75) is 90.1 Å². The number of unbranched alkanes of at least 4 members (excludes halogenated alkanes) is 2. The molecule has 2 fully saturated rings. The van der Waals surface area contributed by atoms with E-state index in [0.29, 0.717) is 5.92 Å². The Morgan fingerprint density at radius 3 is 2.44 bits per heavy atom. The van der Waals surface area contributed by atoms with E-state index in [-0.39, 0.29) is 18.0 Å². The molecule has 0 atom stereocenters. The van der Waals surface area contributed by atoms with Crippen molar-refractivity contribution in [3.63, 3.8) is 0 Å². The smallest absolute Gasteiger partial charge is 0.309 e. The van der Waals surface area contributed by atoms with E-state index >= 15 is 0 Å². The molecular formula is C23H34FNO2. The largest absolute Gasteiger partial charge is 0.462 e. The molecule has 4 heteroatoms. The Morgan fingerprint density at radius 1 is 1.11 bits per heavy atom. The number of halogens is 1. The monoisotopic (exact) mass is 375 g/mol. The van der Waals surface area contributed by atoms with E-state index < -0.39 is 5.83 Å². The van der Waals surface area contributed by atoms with Crippen LogP contribution in [-0.2, 0) is 9.53 Å². The van der Waals surface area contributed by atoms with Crippen LogP contribution in [0.25, 0.3) is 0 Å². The van der Waals surface area contributed by atoms with Gasteiger partial charge in [-0.2, -0.15) is 9.65 Å². The lowest BCUT2D eigenvalue weighted by Crippen LogP contribution is -2.29. The zero-order valence-electron chi connectivity index (χ0n) is 16.7. The summed E-state index contributed by atoms with van der Waals surface area (Å²) in [4.78, 5) is 12.5. The summed E-state index contributed by atoms with van der Waals surface area (Å²) in [5.41, 5.74) is 0. The van der Waals surface area contributed by atoms with Crippen LogP contribution in [0.2, 0.25) is 0 Å². The van der Waals surface area contributed by atoms with Crippen molar-refractivity contribution in [1.29, 1.82) is 5.26 Å². The first kappa shape index (κ1) is 21.7. The second-order valence-electron chi connectivity index (χ2n) is 8.20. The number of allylic oxidation sites excluding steroid dienone is 4. The Bertz CT molecular complexity index is 547. The number of carbonyl (C=O) groups is 1. The van der Waals surface area contributed by atoms with Crippen molar-refractivity contribution in [3.8, 4) is 6.07 Å². The summed E-state index contributed by atoms with van der Waals surface area (Å²) < 4.78 is 18.6. The molecule has 2 rings (SSSR count). The Hall–Kier alpha value is -1.63. The lowest BCUT2D eigenvalue weighted by Gasteiger charge is -2.31. The quantitative estimate of drug-likeness (QED) is 0.213. The molecule has 0 radical (unpaired) electrons. The van der Waals surface area contributed by atoms with E-state index in [4.69, 9.17) is 10.00 Å². The molecule has 0 aliphatic heterocycles. The third kappa shape index (κ3) is 7.87. The average Bonchev–Trinajstić information content (AvgIpc) is 2.70. The highest BCUT2D eigenvalue weighted by atomic mass is 19.1. The molecule has 0 bridgehead atoms. The number of hydrogen-bond acceptors (Lipinski definition) is 3. The summed E-state index contributed by atoms with van der Waals surface area (Å²) in [6.45, 7) is 2.24. The lowest BCUT2D eigenvalue weighted by atomic mass is 9.79. The minimum absolute atomic E-state index is 0.0139. The van der Waals surface area contributed by atoms with Gasteiger partial charge in [0.25, 0.3) is 0 Å². The normalized spacial score (nSPS) is 29.4. The molecule has 0 aromatic heterocycles. The fraction of sp³-hybridized carbons (Fsp3) is 0.739. The summed E-state index contributed by atoms with van der Waals surface area (Å²) in [5.74, 6) is 0.530. The average molecular weight is 376 g/mol. The van der Waals surface area contributed by atoms with Crippen LogP contribution in [0.15, 0.2) is 24.1 Å². The Morgan fingerprint density at radius 2 is 1.81 bits per heavy atom. The molecule has 0 aromatic carbocycles. The molecule has 0 unspecified atom stereocenters. The van der Waals surface area contributed by atoms with Gasteiger partial charge in [-0.15, -0.1) is 0 Å². The van der Waals surface area contributed by atoms with Crippen molar-refractivity contribution in [2.75, 3.05) is 0 Å². The molecule has 150 valence electrons. The highest BCUT2D eigenvalue weighted by Gasteiger charge is 2.30. The zero-order chi connectivity index (χ0) is 19.5. The number of ether oxygens (including phenoxy) is 1. The standard InChI is InChI=1S/C23H34FNO2/c1-2-3-4-6-18-9-13-20(14-10-18)23(26)27-22-15-11-19(12-16-22)7-5-8-21(24)17-25/h5,7-8,18-20,22H,2-4,6,9-16H2,1H3/b7-5+,21-8?. The number of rotatable bonds is 8. The second-order valence-corrected chi connectivity index (χ2v) is 8.20. The fourth-order valence-corrected chi connectivity index (χ4v) is 4.36. The number of hydrogen-bond donors (Lipinski definition) is 0. The van der Waals surface area contributed by atoms with Crippen LogP contribution in [0.4, 0.5) is 4.39 Å². The van der Waals surface area contributed by atoms with Crippen LogP contribution in [-0.4, -0.2) is 12.1 Å². The van der Waals surface area contributed by atoms with Gasteiger partial charge in [-0.25, -0.2) is 0 Å². The fourth-order valence-electron chi connectivity index (χ4n) is 4.36. The van der Waals surface area contributed by atoms with Gasteiger partial charge in [-0.3, -0.25) is 4.79 Å². The van der Waals surface area contributed by atoms with Crippen LogP contribution < -0.4 is 0 Å². The van der Waals surface area contributed by atoms with Crippen LogP contribution in [0.5, 0.6) is 0 Å². The van der Waals surface area contributed by atoms with Gasteiger partial charge in [0.2, 0.25) is 0 Å². The summed E-state index contributed by atoms with van der Waals surface area (Å²) in [6.07, 6.45) is 18.0. The second kappa shape index (κ2) is 12.0. The first-order chi connectivity index (χ1) is 13.1. The lowest BCUT2D eigenvalue weighted by molar-refractivity contribution is -0.157. The van der Waals surface area contributed by atoms with Crippen LogP contribution >= 0.6 is 0 Å². The molecule has 0 N–H and O–H groups in total. The van der Waals surface area contributed by atoms with Gasteiger partial charge < -0.3 is 4.74 Å². The van der Waals surface area contributed by atoms with E-state index in [9.17, 15) is 9.18 Å². The van der Waals surface area contributed by atoms with Crippen molar-refractivity contribution in [3.05, 3.63) is 24.1 Å². The van der Waals surface area contributed by atoms with Crippen LogP contribution in [0.1, 0.15) is 84.0 Å². The predicted octanol–water partition coefficient (Wildman–Crippen LogP) is 6.41. The molecule has 3 nitrogen and oxygen atoms in total. The predicted molar refractivity (Wildman–Crippen MR) is 105 cm³/mol. The summed E-state index contributed by atoms with van der Waals surface area (Å²) >= 11 is 0. The number of esters is 1. The Labute approximate surface area is 163 Å². The summed E-state index contributed by atoms with van der Waals surface area (Å²) in [5, 5.41) is 8.39. The molecule has 0 amide bonds. The molecule has 0 aromatic rings.